The second-order valence-corrected chi connectivity index (χ2v) is 3.93. The van der Waals surface area contributed by atoms with Gasteiger partial charge in [0.15, 0.2) is 0 Å². The van der Waals surface area contributed by atoms with Crippen LogP contribution in [0.5, 0.6) is 5.75 Å². The van der Waals surface area contributed by atoms with Crippen molar-refractivity contribution in [2.45, 2.75) is 45.4 Å². The van der Waals surface area contributed by atoms with Crippen LogP contribution in [0, 0.1) is 6.07 Å². The van der Waals surface area contributed by atoms with Gasteiger partial charge >= 0.3 is 0 Å². The van der Waals surface area contributed by atoms with Crippen molar-refractivity contribution >= 4 is 0 Å². The van der Waals surface area contributed by atoms with Gasteiger partial charge in [-0.3, -0.25) is 0 Å². The van der Waals surface area contributed by atoms with Crippen LogP contribution in [0.4, 0.5) is 0 Å². The Morgan fingerprint density at radius 1 is 1.13 bits per heavy atom. The largest absolute Gasteiger partial charge is 0.496 e. The first kappa shape index (κ1) is 12.1. The molecule has 0 N–H and O–H groups in total. The first-order valence-corrected chi connectivity index (χ1v) is 5.91. The summed E-state index contributed by atoms with van der Waals surface area (Å²) < 4.78 is 5.07. The predicted octanol–water partition coefficient (Wildman–Crippen LogP) is 4.01. The van der Waals surface area contributed by atoms with E-state index in [1.807, 2.05) is 12.1 Å². The first-order valence-electron chi connectivity index (χ1n) is 5.91. The number of ether oxygens (including phenoxy) is 1. The molecule has 0 saturated heterocycles. The molecule has 0 heterocycles. The second kappa shape index (κ2) is 7.33. The Morgan fingerprint density at radius 3 is 2.53 bits per heavy atom. The van der Waals surface area contributed by atoms with E-state index in [1.165, 1.54) is 44.1 Å². The summed E-state index contributed by atoms with van der Waals surface area (Å²) in [5.41, 5.74) is 1.37. The lowest BCUT2D eigenvalue weighted by Crippen LogP contribution is -1.87. The van der Waals surface area contributed by atoms with E-state index in [2.05, 4.69) is 19.1 Å². The zero-order valence-corrected chi connectivity index (χ0v) is 9.88. The fraction of sp³-hybridized carbons (Fsp3) is 0.571. The van der Waals surface area contributed by atoms with Gasteiger partial charge in [-0.15, -0.1) is 0 Å². The molecule has 0 aromatic heterocycles. The van der Waals surface area contributed by atoms with E-state index in [0.29, 0.717) is 0 Å². The molecule has 1 nitrogen and oxygen atoms in total. The van der Waals surface area contributed by atoms with Gasteiger partial charge in [0.1, 0.15) is 5.75 Å². The molecular formula is C14H21O. The van der Waals surface area contributed by atoms with Crippen LogP contribution >= 0.6 is 0 Å². The Labute approximate surface area is 93.5 Å². The highest BCUT2D eigenvalue weighted by Gasteiger charge is 1.95. The predicted molar refractivity (Wildman–Crippen MR) is 64.3 cm³/mol. The molecular weight excluding hydrogens is 184 g/mol. The second-order valence-electron chi connectivity index (χ2n) is 3.93. The summed E-state index contributed by atoms with van der Waals surface area (Å²) in [6.07, 6.45) is 7.87. The van der Waals surface area contributed by atoms with Crippen LogP contribution in [0.3, 0.4) is 0 Å². The molecule has 0 spiro atoms. The minimum absolute atomic E-state index is 0.824. The molecule has 0 amide bonds. The molecule has 1 aromatic rings. The van der Waals surface area contributed by atoms with Crippen molar-refractivity contribution in [2.75, 3.05) is 7.11 Å². The summed E-state index contributed by atoms with van der Waals surface area (Å²) in [6.45, 7) is 2.25. The van der Waals surface area contributed by atoms with Crippen molar-refractivity contribution in [3.8, 4) is 5.75 Å². The molecule has 0 aliphatic carbocycles. The van der Waals surface area contributed by atoms with Crippen molar-refractivity contribution in [2.24, 2.45) is 0 Å². The molecule has 15 heavy (non-hydrogen) atoms. The zero-order chi connectivity index (χ0) is 10.9. The molecule has 0 aliphatic heterocycles. The monoisotopic (exact) mass is 205 g/mol. The minimum Gasteiger partial charge on any atom is -0.496 e. The fourth-order valence-electron chi connectivity index (χ4n) is 1.66. The number of aryl methyl sites for hydroxylation is 1. The van der Waals surface area contributed by atoms with Crippen LogP contribution < -0.4 is 4.74 Å². The first-order chi connectivity index (χ1) is 7.36. The molecule has 1 heteroatoms. The molecule has 0 saturated carbocycles. The van der Waals surface area contributed by atoms with Crippen molar-refractivity contribution in [1.82, 2.24) is 0 Å². The van der Waals surface area contributed by atoms with E-state index < -0.39 is 0 Å². The molecule has 1 radical (unpaired) electrons. The third kappa shape index (κ3) is 4.87. The highest BCUT2D eigenvalue weighted by molar-refractivity contribution is 5.25. The van der Waals surface area contributed by atoms with Gasteiger partial charge in [0.25, 0.3) is 0 Å². The van der Waals surface area contributed by atoms with E-state index in [1.54, 1.807) is 7.11 Å². The Kier molecular flexibility index (Phi) is 5.91. The van der Waals surface area contributed by atoms with E-state index in [4.69, 9.17) is 4.74 Å². The number of hydrogen-bond donors (Lipinski definition) is 0. The van der Waals surface area contributed by atoms with Crippen LogP contribution in [-0.2, 0) is 6.42 Å². The highest BCUT2D eigenvalue weighted by Crippen LogP contribution is 2.13. The van der Waals surface area contributed by atoms with E-state index in [9.17, 15) is 0 Å². The maximum absolute atomic E-state index is 5.07. The molecule has 0 bridgehead atoms. The standard InChI is InChI=1S/C14H21O/c1-3-4-5-6-7-8-13-9-11-14(15-2)12-10-13/h9-11H,3-8H2,1-2H3. The van der Waals surface area contributed by atoms with Gasteiger partial charge in [0.05, 0.1) is 7.11 Å². The maximum atomic E-state index is 5.07. The summed E-state index contributed by atoms with van der Waals surface area (Å²) in [7, 11) is 1.68. The highest BCUT2D eigenvalue weighted by atomic mass is 16.5. The average Bonchev–Trinajstić information content (AvgIpc) is 2.30. The Balaban J connectivity index is 2.20. The van der Waals surface area contributed by atoms with Gasteiger partial charge in [-0.05, 0) is 30.5 Å². The molecule has 0 aliphatic rings. The maximum Gasteiger partial charge on any atom is 0.126 e. The van der Waals surface area contributed by atoms with Crippen molar-refractivity contribution in [1.29, 1.82) is 0 Å². The third-order valence-electron chi connectivity index (χ3n) is 2.64. The van der Waals surface area contributed by atoms with Gasteiger partial charge in [-0.2, -0.15) is 0 Å². The van der Waals surface area contributed by atoms with Crippen molar-refractivity contribution in [3.05, 3.63) is 29.8 Å². The van der Waals surface area contributed by atoms with E-state index in [-0.39, 0.29) is 0 Å². The lowest BCUT2D eigenvalue weighted by molar-refractivity contribution is 0.413. The van der Waals surface area contributed by atoms with Crippen LogP contribution in [-0.4, -0.2) is 7.11 Å². The topological polar surface area (TPSA) is 9.23 Å². The lowest BCUT2D eigenvalue weighted by Gasteiger charge is -2.03. The van der Waals surface area contributed by atoms with Gasteiger partial charge < -0.3 is 4.74 Å². The van der Waals surface area contributed by atoms with Crippen LogP contribution in [0.2, 0.25) is 0 Å². The zero-order valence-electron chi connectivity index (χ0n) is 9.88. The summed E-state index contributed by atoms with van der Waals surface area (Å²) in [5, 5.41) is 0. The summed E-state index contributed by atoms with van der Waals surface area (Å²) >= 11 is 0. The summed E-state index contributed by atoms with van der Waals surface area (Å²) in [4.78, 5) is 0. The van der Waals surface area contributed by atoms with E-state index in [0.717, 1.165) is 5.75 Å². The Bertz CT molecular complexity index is 251. The molecule has 1 rings (SSSR count). The number of benzene rings is 1. The number of rotatable bonds is 7. The number of methoxy groups -OCH3 is 1. The van der Waals surface area contributed by atoms with Crippen LogP contribution in [0.15, 0.2) is 18.2 Å². The van der Waals surface area contributed by atoms with Gasteiger partial charge in [-0.1, -0.05) is 38.7 Å². The third-order valence-corrected chi connectivity index (χ3v) is 2.64. The molecule has 0 atom stereocenters. The average molecular weight is 205 g/mol. The normalized spacial score (nSPS) is 10.3. The molecule has 0 unspecified atom stereocenters. The smallest absolute Gasteiger partial charge is 0.126 e. The van der Waals surface area contributed by atoms with Gasteiger partial charge in [0, 0.05) is 6.07 Å². The number of unbranched alkanes of at least 4 members (excludes halogenated alkanes) is 4. The molecule has 83 valence electrons. The Morgan fingerprint density at radius 2 is 1.93 bits per heavy atom. The summed E-state index contributed by atoms with van der Waals surface area (Å²) in [5.74, 6) is 0.824. The minimum atomic E-state index is 0.824. The van der Waals surface area contributed by atoms with Crippen LogP contribution in [0.25, 0.3) is 0 Å². The van der Waals surface area contributed by atoms with Crippen molar-refractivity contribution in [3.63, 3.8) is 0 Å². The SMILES string of the molecule is CCCCCCCc1c[c]c(OC)cc1. The van der Waals surface area contributed by atoms with E-state index >= 15 is 0 Å². The summed E-state index contributed by atoms with van der Waals surface area (Å²) in [6, 6.07) is 9.28. The lowest BCUT2D eigenvalue weighted by atomic mass is 10.1. The van der Waals surface area contributed by atoms with Gasteiger partial charge in [-0.25, -0.2) is 0 Å². The van der Waals surface area contributed by atoms with Crippen LogP contribution in [0.1, 0.15) is 44.6 Å². The quantitative estimate of drug-likeness (QED) is 0.611. The van der Waals surface area contributed by atoms with Gasteiger partial charge in [0.2, 0.25) is 0 Å². The Hall–Kier alpha value is -0.980. The molecule has 1 aromatic carbocycles. The fourth-order valence-corrected chi connectivity index (χ4v) is 1.66. The van der Waals surface area contributed by atoms with Crippen molar-refractivity contribution < 1.29 is 4.74 Å². The number of hydrogen-bond acceptors (Lipinski definition) is 1. The molecule has 0 fully saturated rings.